The van der Waals surface area contributed by atoms with Gasteiger partial charge in [0.05, 0.1) is 32.5 Å². The molecule has 0 bridgehead atoms. The Hall–Kier alpha value is -4.96. The van der Waals surface area contributed by atoms with E-state index in [1.807, 2.05) is 26.0 Å². The van der Waals surface area contributed by atoms with Gasteiger partial charge in [0.15, 0.2) is 0 Å². The number of aryl methyl sites for hydroxylation is 2. The van der Waals surface area contributed by atoms with E-state index in [9.17, 15) is 14.9 Å². The summed E-state index contributed by atoms with van der Waals surface area (Å²) in [5.74, 6) is 0.787. The third-order valence-electron chi connectivity index (χ3n) is 9.19. The van der Waals surface area contributed by atoms with Gasteiger partial charge in [-0.05, 0) is 56.2 Å². The maximum absolute atomic E-state index is 14.1. The number of amides is 1. The molecule has 0 radical (unpaired) electrons. The SMILES string of the molecule is CNc1ncc2cc(-c3cc(OC)cc(OC)c3Cl)c(=O)n(CCc3ccc(NC(=O)/C(C#N)=C/C(C)(C)N4CC5(COC5)C4)cc3)c2n1. The van der Waals surface area contributed by atoms with Crippen LogP contribution in [0.5, 0.6) is 11.5 Å². The van der Waals surface area contributed by atoms with Crippen LogP contribution in [0, 0.1) is 16.7 Å². The van der Waals surface area contributed by atoms with Gasteiger partial charge < -0.3 is 24.8 Å². The summed E-state index contributed by atoms with van der Waals surface area (Å²) in [6.45, 7) is 7.63. The van der Waals surface area contributed by atoms with E-state index in [2.05, 4.69) is 31.6 Å². The summed E-state index contributed by atoms with van der Waals surface area (Å²) < 4.78 is 17.9. The Morgan fingerprint density at radius 1 is 1.14 bits per heavy atom. The van der Waals surface area contributed by atoms with E-state index in [4.69, 9.17) is 25.8 Å². The Balaban J connectivity index is 1.21. The fourth-order valence-corrected chi connectivity index (χ4v) is 6.53. The summed E-state index contributed by atoms with van der Waals surface area (Å²) in [6, 6.07) is 14.5. The highest BCUT2D eigenvalue weighted by Crippen LogP contribution is 2.42. The predicted molar refractivity (Wildman–Crippen MR) is 188 cm³/mol. The fourth-order valence-electron chi connectivity index (χ4n) is 6.25. The minimum absolute atomic E-state index is 0.0581. The Bertz CT molecular complexity index is 2040. The molecular weight excluding hydrogens is 646 g/mol. The quantitative estimate of drug-likeness (QED) is 0.165. The van der Waals surface area contributed by atoms with Gasteiger partial charge in [0, 0.05) is 72.1 Å². The van der Waals surface area contributed by atoms with E-state index < -0.39 is 11.4 Å². The van der Waals surface area contributed by atoms with Gasteiger partial charge in [0.2, 0.25) is 5.95 Å². The number of hydrogen-bond acceptors (Lipinski definition) is 10. The van der Waals surface area contributed by atoms with Crippen molar-refractivity contribution in [3.8, 4) is 28.7 Å². The van der Waals surface area contributed by atoms with E-state index in [0.717, 1.165) is 31.9 Å². The number of hydrogen-bond donors (Lipinski definition) is 2. The number of aromatic nitrogens is 3. The number of carbonyl (C=O) groups is 1. The van der Waals surface area contributed by atoms with Crippen LogP contribution in [-0.2, 0) is 22.5 Å². The van der Waals surface area contributed by atoms with Crippen molar-refractivity contribution in [2.24, 2.45) is 5.41 Å². The molecule has 1 amide bonds. The topological polar surface area (TPSA) is 144 Å². The summed E-state index contributed by atoms with van der Waals surface area (Å²) in [4.78, 5) is 38.4. The third kappa shape index (κ3) is 6.70. The maximum Gasteiger partial charge on any atom is 0.266 e. The number of methoxy groups -OCH3 is 2. The van der Waals surface area contributed by atoms with Crippen LogP contribution in [0.15, 0.2) is 65.1 Å². The van der Waals surface area contributed by atoms with Crippen LogP contribution in [0.1, 0.15) is 19.4 Å². The van der Waals surface area contributed by atoms with Gasteiger partial charge in [-0.3, -0.25) is 19.1 Å². The molecule has 2 saturated heterocycles. The summed E-state index contributed by atoms with van der Waals surface area (Å²) in [6.07, 6.45) is 3.88. The first-order valence-corrected chi connectivity index (χ1v) is 16.2. The van der Waals surface area contributed by atoms with E-state index in [1.54, 1.807) is 54.2 Å². The van der Waals surface area contributed by atoms with E-state index in [-0.39, 0.29) is 21.6 Å². The molecule has 0 atom stereocenters. The molecule has 2 aromatic heterocycles. The highest BCUT2D eigenvalue weighted by Gasteiger charge is 2.52. The number of rotatable bonds is 11. The molecular formula is C36H38ClN7O5. The minimum atomic E-state index is -0.465. The van der Waals surface area contributed by atoms with Crippen molar-refractivity contribution in [1.82, 2.24) is 19.4 Å². The fraction of sp³-hybridized carbons (Fsp3) is 0.361. The lowest BCUT2D eigenvalue weighted by Gasteiger charge is -2.59. The zero-order valence-electron chi connectivity index (χ0n) is 28.1. The lowest BCUT2D eigenvalue weighted by atomic mass is 9.75. The molecule has 49 heavy (non-hydrogen) atoms. The Labute approximate surface area is 289 Å². The first-order chi connectivity index (χ1) is 23.5. The summed E-state index contributed by atoms with van der Waals surface area (Å²) in [7, 11) is 4.74. The molecule has 6 rings (SSSR count). The molecule has 2 aliphatic rings. The zero-order valence-corrected chi connectivity index (χ0v) is 28.8. The Kier molecular flexibility index (Phi) is 9.35. The average Bonchev–Trinajstić information content (AvgIpc) is 3.05. The summed E-state index contributed by atoms with van der Waals surface area (Å²) in [5.41, 5.74) is 2.32. The average molecular weight is 684 g/mol. The first kappa shape index (κ1) is 33.9. The molecule has 0 saturated carbocycles. The first-order valence-electron chi connectivity index (χ1n) is 15.9. The molecule has 0 unspecified atom stereocenters. The number of pyridine rings is 1. The van der Waals surface area contributed by atoms with E-state index >= 15 is 0 Å². The minimum Gasteiger partial charge on any atom is -0.497 e. The standard InChI is InChI=1S/C36H38ClN7O5/c1-35(2,43-18-36(19-43)20-49-21-36)15-24(16-38)32(45)41-25-8-6-22(7-9-25)10-11-44-31-23(17-40-34(39-3)42-31)12-28(33(44)46)27-13-26(47-4)14-29(48-5)30(27)37/h6-9,12-15,17H,10-11,18-21H2,1-5H3,(H,41,45)(H,39,40,42)/b24-15+. The molecule has 2 N–H and O–H groups in total. The number of halogens is 1. The number of benzene rings is 2. The Morgan fingerprint density at radius 3 is 2.49 bits per heavy atom. The summed E-state index contributed by atoms with van der Waals surface area (Å²) >= 11 is 6.69. The lowest BCUT2D eigenvalue weighted by Crippen LogP contribution is -2.70. The lowest BCUT2D eigenvalue weighted by molar-refractivity contribution is -0.204. The molecule has 2 aromatic carbocycles. The molecule has 13 heteroatoms. The van der Waals surface area contributed by atoms with Gasteiger partial charge in [-0.15, -0.1) is 0 Å². The maximum atomic E-state index is 14.1. The van der Waals surface area contributed by atoms with Crippen LogP contribution in [0.2, 0.25) is 5.02 Å². The van der Waals surface area contributed by atoms with E-state index in [1.165, 1.54) is 14.2 Å². The van der Waals surface area contributed by atoms with Gasteiger partial charge in [-0.25, -0.2) is 4.98 Å². The zero-order chi connectivity index (χ0) is 34.9. The van der Waals surface area contributed by atoms with Crippen LogP contribution < -0.4 is 25.7 Å². The third-order valence-corrected chi connectivity index (χ3v) is 9.58. The number of anilines is 2. The van der Waals surface area contributed by atoms with Crippen LogP contribution in [0.25, 0.3) is 22.2 Å². The molecule has 4 heterocycles. The van der Waals surface area contributed by atoms with Crippen molar-refractivity contribution in [2.75, 3.05) is 58.2 Å². The monoisotopic (exact) mass is 683 g/mol. The smallest absolute Gasteiger partial charge is 0.266 e. The predicted octanol–water partition coefficient (Wildman–Crippen LogP) is 4.91. The number of likely N-dealkylation sites (tertiary alicyclic amines) is 1. The van der Waals surface area contributed by atoms with Crippen molar-refractivity contribution in [3.63, 3.8) is 0 Å². The van der Waals surface area contributed by atoms with Gasteiger partial charge in [-0.2, -0.15) is 10.2 Å². The van der Waals surface area contributed by atoms with Gasteiger partial charge in [0.1, 0.15) is 28.8 Å². The number of carbonyl (C=O) groups excluding carboxylic acids is 1. The van der Waals surface area contributed by atoms with Crippen LogP contribution in [0.3, 0.4) is 0 Å². The number of fused-ring (bicyclic) bond motifs is 1. The highest BCUT2D eigenvalue weighted by molar-refractivity contribution is 6.35. The molecule has 2 aliphatic heterocycles. The van der Waals surface area contributed by atoms with Crippen LogP contribution >= 0.6 is 11.6 Å². The van der Waals surface area contributed by atoms with E-state index in [0.29, 0.717) is 58.3 Å². The van der Waals surface area contributed by atoms with Gasteiger partial charge in [-0.1, -0.05) is 23.7 Å². The number of nitrogens with one attached hydrogen (secondary N) is 2. The summed E-state index contributed by atoms with van der Waals surface area (Å²) in [5, 5.41) is 16.5. The molecule has 12 nitrogen and oxygen atoms in total. The molecule has 4 aromatic rings. The van der Waals surface area contributed by atoms with Crippen molar-refractivity contribution in [3.05, 3.63) is 81.3 Å². The number of nitrogens with zero attached hydrogens (tertiary/aromatic N) is 5. The van der Waals surface area contributed by atoms with Crippen LogP contribution in [-0.4, -0.2) is 78.5 Å². The van der Waals surface area contributed by atoms with Crippen molar-refractivity contribution < 1.29 is 19.0 Å². The number of nitriles is 1. The van der Waals surface area contributed by atoms with Gasteiger partial charge >= 0.3 is 0 Å². The van der Waals surface area contributed by atoms with Crippen molar-refractivity contribution in [1.29, 1.82) is 5.26 Å². The Morgan fingerprint density at radius 2 is 1.88 bits per heavy atom. The van der Waals surface area contributed by atoms with Gasteiger partial charge in [0.25, 0.3) is 11.5 Å². The number of ether oxygens (including phenoxy) is 3. The normalized spacial score (nSPS) is 15.7. The molecule has 1 spiro atoms. The van der Waals surface area contributed by atoms with Crippen LogP contribution in [0.4, 0.5) is 11.6 Å². The highest BCUT2D eigenvalue weighted by atomic mass is 35.5. The van der Waals surface area contributed by atoms with Crippen molar-refractivity contribution in [2.45, 2.75) is 32.4 Å². The largest absolute Gasteiger partial charge is 0.497 e. The second-order valence-corrected chi connectivity index (χ2v) is 13.4. The molecule has 254 valence electrons. The molecule has 2 fully saturated rings. The van der Waals surface area contributed by atoms with Crippen molar-refractivity contribution >= 4 is 40.2 Å². The second kappa shape index (κ2) is 13.5. The molecule has 0 aliphatic carbocycles. The second-order valence-electron chi connectivity index (χ2n) is 13.0.